The molecule has 2 rings (SSSR count). The maximum Gasteiger partial charge on any atom is 0.276 e. The molecular weight excluding hydrogens is 616 g/mol. The average molecular weight is 630 g/mol. The Kier molecular flexibility index (Phi) is 8.59. The van der Waals surface area contributed by atoms with Crippen molar-refractivity contribution in [3.63, 3.8) is 0 Å². The molecule has 0 spiro atoms. The highest BCUT2D eigenvalue weighted by atomic mass is 79.9. The van der Waals surface area contributed by atoms with E-state index in [-0.39, 0.29) is 13.2 Å². The maximum atomic E-state index is 11.8. The third kappa shape index (κ3) is 7.10. The number of ether oxygens (including phenoxy) is 2. The predicted octanol–water partition coefficient (Wildman–Crippen LogP) is 4.65. The van der Waals surface area contributed by atoms with Gasteiger partial charge in [0.25, 0.3) is 11.8 Å². The van der Waals surface area contributed by atoms with E-state index in [2.05, 4.69) is 74.6 Å². The van der Waals surface area contributed by atoms with Gasteiger partial charge in [-0.3, -0.25) is 20.4 Å². The van der Waals surface area contributed by atoms with Crippen LogP contribution in [0.25, 0.3) is 0 Å². The van der Waals surface area contributed by atoms with Crippen LogP contribution in [-0.4, -0.2) is 25.0 Å². The SMILES string of the molecule is Cc1cc(Br)cc(Br)c1OCC(=O)NNC(=O)COc1ccc(Br)cc1Br. The number of carbonyl (C=O) groups is 2. The van der Waals surface area contributed by atoms with Gasteiger partial charge in [0, 0.05) is 8.95 Å². The van der Waals surface area contributed by atoms with Gasteiger partial charge in [-0.2, -0.15) is 0 Å². The van der Waals surface area contributed by atoms with Gasteiger partial charge in [-0.05, 0) is 74.7 Å². The minimum atomic E-state index is -0.501. The molecule has 27 heavy (non-hydrogen) atoms. The quantitative estimate of drug-likeness (QED) is 0.457. The number of hydrogen-bond acceptors (Lipinski definition) is 4. The van der Waals surface area contributed by atoms with E-state index >= 15 is 0 Å². The second-order valence-electron chi connectivity index (χ2n) is 5.28. The molecule has 0 fully saturated rings. The van der Waals surface area contributed by atoms with E-state index in [9.17, 15) is 9.59 Å². The zero-order chi connectivity index (χ0) is 20.0. The van der Waals surface area contributed by atoms with E-state index in [1.165, 1.54) is 0 Å². The molecule has 0 bridgehead atoms. The van der Waals surface area contributed by atoms with Crippen molar-refractivity contribution in [2.75, 3.05) is 13.2 Å². The monoisotopic (exact) mass is 626 g/mol. The fourth-order valence-electron chi connectivity index (χ4n) is 1.96. The third-order valence-electron chi connectivity index (χ3n) is 3.14. The number of rotatable bonds is 6. The number of aryl methyl sites for hydroxylation is 1. The van der Waals surface area contributed by atoms with Gasteiger partial charge in [0.15, 0.2) is 13.2 Å². The molecule has 144 valence electrons. The zero-order valence-electron chi connectivity index (χ0n) is 13.9. The summed E-state index contributed by atoms with van der Waals surface area (Å²) in [5, 5.41) is 0. The summed E-state index contributed by atoms with van der Waals surface area (Å²) in [5.74, 6) is 0.0724. The van der Waals surface area contributed by atoms with Gasteiger partial charge in [-0.25, -0.2) is 0 Å². The summed E-state index contributed by atoms with van der Waals surface area (Å²) in [6.45, 7) is 1.36. The molecule has 0 unspecified atom stereocenters. The van der Waals surface area contributed by atoms with Gasteiger partial charge in [-0.15, -0.1) is 0 Å². The third-order valence-corrected chi connectivity index (χ3v) is 5.30. The van der Waals surface area contributed by atoms with E-state index in [1.54, 1.807) is 18.2 Å². The van der Waals surface area contributed by atoms with Crippen LogP contribution >= 0.6 is 63.7 Å². The molecule has 0 saturated heterocycles. The molecule has 2 N–H and O–H groups in total. The van der Waals surface area contributed by atoms with Crippen molar-refractivity contribution in [3.8, 4) is 11.5 Å². The summed E-state index contributed by atoms with van der Waals surface area (Å²) in [6.07, 6.45) is 0. The maximum absolute atomic E-state index is 11.8. The zero-order valence-corrected chi connectivity index (χ0v) is 20.3. The second-order valence-corrected chi connectivity index (χ2v) is 8.82. The normalized spacial score (nSPS) is 10.3. The average Bonchev–Trinajstić information content (AvgIpc) is 2.58. The summed E-state index contributed by atoms with van der Waals surface area (Å²) in [5.41, 5.74) is 5.41. The van der Waals surface area contributed by atoms with Gasteiger partial charge < -0.3 is 9.47 Å². The van der Waals surface area contributed by atoms with Crippen LogP contribution < -0.4 is 20.3 Å². The number of hydrazine groups is 1. The van der Waals surface area contributed by atoms with Gasteiger partial charge in [0.05, 0.1) is 8.95 Å². The molecule has 2 aromatic rings. The van der Waals surface area contributed by atoms with Gasteiger partial charge in [0.2, 0.25) is 0 Å². The Morgan fingerprint density at radius 3 is 2.04 bits per heavy atom. The Labute approximate surface area is 189 Å². The molecular formula is C17H14Br4N2O4. The molecule has 0 saturated carbocycles. The second kappa shape index (κ2) is 10.4. The first kappa shape index (κ1) is 22.2. The summed E-state index contributed by atoms with van der Waals surface area (Å²) < 4.78 is 14.1. The van der Waals surface area contributed by atoms with Crippen molar-refractivity contribution >= 4 is 75.5 Å². The van der Waals surface area contributed by atoms with Crippen molar-refractivity contribution in [2.45, 2.75) is 6.92 Å². The van der Waals surface area contributed by atoms with Crippen molar-refractivity contribution in [1.29, 1.82) is 0 Å². The van der Waals surface area contributed by atoms with Crippen LogP contribution in [0.3, 0.4) is 0 Å². The lowest BCUT2D eigenvalue weighted by molar-refractivity contribution is -0.131. The largest absolute Gasteiger partial charge is 0.483 e. The minimum Gasteiger partial charge on any atom is -0.483 e. The Morgan fingerprint density at radius 2 is 1.44 bits per heavy atom. The minimum absolute atomic E-state index is 0.250. The number of halogens is 4. The van der Waals surface area contributed by atoms with E-state index in [4.69, 9.17) is 9.47 Å². The molecule has 0 aliphatic rings. The molecule has 2 aromatic carbocycles. The van der Waals surface area contributed by atoms with E-state index in [0.29, 0.717) is 16.0 Å². The molecule has 0 radical (unpaired) electrons. The first-order valence-electron chi connectivity index (χ1n) is 7.50. The number of nitrogens with one attached hydrogen (secondary N) is 2. The molecule has 0 aliphatic heterocycles. The Morgan fingerprint density at radius 1 is 0.852 bits per heavy atom. The van der Waals surface area contributed by atoms with Gasteiger partial charge in [-0.1, -0.05) is 31.9 Å². The predicted molar refractivity (Wildman–Crippen MR) is 116 cm³/mol. The lowest BCUT2D eigenvalue weighted by Gasteiger charge is -2.13. The standard InChI is InChI=1S/C17H14Br4N2O4/c1-9-4-11(19)6-13(21)17(9)27-8-16(25)23-22-15(24)7-26-14-3-2-10(18)5-12(14)20/h2-6H,7-8H2,1H3,(H,22,24)(H,23,25). The topological polar surface area (TPSA) is 76.7 Å². The summed E-state index contributed by atoms with van der Waals surface area (Å²) in [6, 6.07) is 9.00. The van der Waals surface area contributed by atoms with Crippen molar-refractivity contribution in [2.24, 2.45) is 0 Å². The fourth-order valence-corrected chi connectivity index (χ4v) is 4.67. The highest BCUT2D eigenvalue weighted by molar-refractivity contribution is 9.11. The first-order valence-corrected chi connectivity index (χ1v) is 10.7. The number of hydrogen-bond donors (Lipinski definition) is 2. The summed E-state index contributed by atoms with van der Waals surface area (Å²) in [7, 11) is 0. The Bertz CT molecular complexity index is 838. The van der Waals surface area contributed by atoms with Crippen LogP contribution in [0, 0.1) is 6.92 Å². The molecule has 0 aromatic heterocycles. The number of carbonyl (C=O) groups excluding carboxylic acids is 2. The van der Waals surface area contributed by atoms with Crippen LogP contribution in [0.15, 0.2) is 48.2 Å². The molecule has 0 atom stereocenters. The molecule has 0 aliphatic carbocycles. The van der Waals surface area contributed by atoms with Crippen LogP contribution in [0.5, 0.6) is 11.5 Å². The van der Waals surface area contributed by atoms with Gasteiger partial charge in [0.1, 0.15) is 11.5 Å². The molecule has 2 amide bonds. The van der Waals surface area contributed by atoms with Gasteiger partial charge >= 0.3 is 0 Å². The Balaban J connectivity index is 1.76. The van der Waals surface area contributed by atoms with Crippen molar-refractivity contribution < 1.29 is 19.1 Å². The lowest BCUT2D eigenvalue weighted by atomic mass is 10.2. The Hall–Kier alpha value is -1.10. The van der Waals surface area contributed by atoms with Crippen LogP contribution in [-0.2, 0) is 9.59 Å². The smallest absolute Gasteiger partial charge is 0.276 e. The molecule has 6 nitrogen and oxygen atoms in total. The molecule has 0 heterocycles. The van der Waals surface area contributed by atoms with E-state index < -0.39 is 11.8 Å². The van der Waals surface area contributed by atoms with E-state index in [0.717, 1.165) is 19.0 Å². The van der Waals surface area contributed by atoms with Crippen molar-refractivity contribution in [1.82, 2.24) is 10.9 Å². The first-order chi connectivity index (χ1) is 12.8. The number of amides is 2. The van der Waals surface area contributed by atoms with Crippen LogP contribution in [0.1, 0.15) is 5.56 Å². The highest BCUT2D eigenvalue weighted by Gasteiger charge is 2.11. The van der Waals surface area contributed by atoms with Crippen LogP contribution in [0.4, 0.5) is 0 Å². The highest BCUT2D eigenvalue weighted by Crippen LogP contribution is 2.32. The molecule has 10 heteroatoms. The summed E-state index contributed by atoms with van der Waals surface area (Å²) >= 11 is 13.4. The summed E-state index contributed by atoms with van der Waals surface area (Å²) in [4.78, 5) is 23.6. The lowest BCUT2D eigenvalue weighted by Crippen LogP contribution is -2.45. The number of benzene rings is 2. The fraction of sp³-hybridized carbons (Fsp3) is 0.176. The van der Waals surface area contributed by atoms with Crippen molar-refractivity contribution in [3.05, 3.63) is 53.8 Å². The van der Waals surface area contributed by atoms with Crippen LogP contribution in [0.2, 0.25) is 0 Å². The van der Waals surface area contributed by atoms with E-state index in [1.807, 2.05) is 19.1 Å².